The van der Waals surface area contributed by atoms with Crippen LogP contribution in [-0.2, 0) is 51.5 Å². The quantitative estimate of drug-likeness (QED) is 0.0238. The highest BCUT2D eigenvalue weighted by Crippen LogP contribution is 2.56. The number of aryl methyl sites for hydroxylation is 1. The van der Waals surface area contributed by atoms with Crippen LogP contribution in [0, 0.1) is 6.92 Å². The van der Waals surface area contributed by atoms with Crippen molar-refractivity contribution in [3.63, 3.8) is 0 Å². The van der Waals surface area contributed by atoms with Crippen LogP contribution >= 0.6 is 12.0 Å². The molecule has 408 valence electrons. The van der Waals surface area contributed by atoms with Gasteiger partial charge in [-0.1, -0.05) is 108 Å². The topological polar surface area (TPSA) is 236 Å². The summed E-state index contributed by atoms with van der Waals surface area (Å²) in [5.41, 5.74) is 7.17. The van der Waals surface area contributed by atoms with Crippen LogP contribution in [0.25, 0.3) is 11.1 Å². The molecule has 3 N–H and O–H groups in total. The van der Waals surface area contributed by atoms with Crippen LogP contribution in [-0.4, -0.2) is 58.8 Å². The Bertz CT molecular complexity index is 4010. The summed E-state index contributed by atoms with van der Waals surface area (Å²) in [5.74, 6) is 1.60. The Morgan fingerprint density at radius 3 is 1.55 bits per heavy atom. The molecule has 0 spiro atoms. The Balaban J connectivity index is 0.00000148. The number of ketones is 1. The van der Waals surface area contributed by atoms with E-state index in [0.717, 1.165) is 45.0 Å². The van der Waals surface area contributed by atoms with E-state index in [0.29, 0.717) is 51.8 Å². The predicted octanol–water partition coefficient (Wildman–Crippen LogP) is 12.8. The molecule has 0 amide bonds. The fourth-order valence-corrected chi connectivity index (χ4v) is 11.7. The van der Waals surface area contributed by atoms with Crippen LogP contribution < -0.4 is 18.9 Å². The van der Waals surface area contributed by atoms with Crippen molar-refractivity contribution in [1.29, 1.82) is 0 Å². The standard InChI is InChI=1S/C59H44O13S3.CH4O3S/c1-38-11-30-49(31-12-38)74(62,63)50-32-28-47(29-33-50)69-46-22-18-43(19-23-46)59(53-9-5-3-7-51(53)52-8-4-6-10-54(52)59)42-16-20-45(21-17-42)68-37-41-14-13-39(35-56(41)73-72-71-61)58(60)40-15-34-55(57(36-40)75(64,65)66)70-48-26-24-44(67-2)25-27-48;1-5(2,3)4/h3-36,61H,37H2,1-2H3,(H,64,65,66);1H3,(H,2,3,4). The molecule has 16 nitrogen and oxygen atoms in total. The van der Waals surface area contributed by atoms with E-state index in [1.807, 2.05) is 79.7 Å². The van der Waals surface area contributed by atoms with Gasteiger partial charge < -0.3 is 18.9 Å². The van der Waals surface area contributed by atoms with Crippen molar-refractivity contribution in [2.24, 2.45) is 0 Å². The number of benzene rings is 9. The maximum atomic E-state index is 13.9. The highest BCUT2D eigenvalue weighted by Gasteiger charge is 2.46. The monoisotopic (exact) mass is 1150 g/mol. The fourth-order valence-electron chi connectivity index (χ4n) is 9.25. The number of carbonyl (C=O) groups is 1. The largest absolute Gasteiger partial charge is 0.497 e. The lowest BCUT2D eigenvalue weighted by molar-refractivity contribution is -0.432. The first-order chi connectivity index (χ1) is 38.3. The van der Waals surface area contributed by atoms with Gasteiger partial charge in [-0.05, 0) is 149 Å². The van der Waals surface area contributed by atoms with Crippen molar-refractivity contribution in [2.75, 3.05) is 13.4 Å². The van der Waals surface area contributed by atoms with E-state index in [4.69, 9.17) is 33.1 Å². The molecule has 9 aromatic carbocycles. The molecule has 0 aliphatic heterocycles. The summed E-state index contributed by atoms with van der Waals surface area (Å²) in [6, 6.07) is 60.2. The molecular weight excluding hydrogens is 1100 g/mol. The van der Waals surface area contributed by atoms with Crippen LogP contribution in [0.15, 0.2) is 226 Å². The maximum Gasteiger partial charge on any atom is 0.298 e. The molecule has 0 aromatic heterocycles. The van der Waals surface area contributed by atoms with Gasteiger partial charge >= 0.3 is 0 Å². The second-order valence-electron chi connectivity index (χ2n) is 18.1. The summed E-state index contributed by atoms with van der Waals surface area (Å²) >= 11 is 0.628. The van der Waals surface area contributed by atoms with Crippen molar-refractivity contribution in [3.8, 4) is 45.6 Å². The van der Waals surface area contributed by atoms with Crippen molar-refractivity contribution in [3.05, 3.63) is 251 Å². The lowest BCUT2D eigenvalue weighted by Crippen LogP contribution is -2.28. The number of fused-ring (bicyclic) bond motifs is 3. The third kappa shape index (κ3) is 12.5. The summed E-state index contributed by atoms with van der Waals surface area (Å²) < 4.78 is 116. The predicted molar refractivity (Wildman–Crippen MR) is 299 cm³/mol. The minimum atomic E-state index is -4.84. The summed E-state index contributed by atoms with van der Waals surface area (Å²) in [7, 11) is -10.7. The maximum absolute atomic E-state index is 13.9. The number of hydrogen-bond donors (Lipinski definition) is 3. The van der Waals surface area contributed by atoms with Gasteiger partial charge in [0.15, 0.2) is 5.78 Å². The number of rotatable bonds is 18. The van der Waals surface area contributed by atoms with Gasteiger partial charge in [-0.2, -0.15) is 16.8 Å². The molecule has 0 heterocycles. The molecular formula is C60H48O16S4. The zero-order chi connectivity index (χ0) is 56.8. The molecule has 0 radical (unpaired) electrons. The van der Waals surface area contributed by atoms with E-state index in [9.17, 15) is 34.6 Å². The van der Waals surface area contributed by atoms with E-state index in [1.54, 1.807) is 78.9 Å². The third-order valence-electron chi connectivity index (χ3n) is 12.9. The highest BCUT2D eigenvalue weighted by molar-refractivity contribution is 7.94. The third-order valence-corrected chi connectivity index (χ3v) is 16.2. The Labute approximate surface area is 466 Å². The molecule has 1 aliphatic carbocycles. The second kappa shape index (κ2) is 23.7. The van der Waals surface area contributed by atoms with Crippen LogP contribution in [0.5, 0.6) is 34.5 Å². The van der Waals surface area contributed by atoms with Gasteiger partial charge in [0.2, 0.25) is 9.84 Å². The van der Waals surface area contributed by atoms with Crippen LogP contribution in [0.2, 0.25) is 0 Å². The molecule has 10 rings (SSSR count). The van der Waals surface area contributed by atoms with Gasteiger partial charge in [-0.3, -0.25) is 13.9 Å². The number of methoxy groups -OCH3 is 1. The molecule has 0 bridgehead atoms. The highest BCUT2D eigenvalue weighted by atomic mass is 32.2. The Hall–Kier alpha value is -8.15. The minimum Gasteiger partial charge on any atom is -0.497 e. The van der Waals surface area contributed by atoms with Gasteiger partial charge in [-0.15, -0.1) is 4.33 Å². The van der Waals surface area contributed by atoms with E-state index in [2.05, 4.69) is 29.3 Å². The summed E-state index contributed by atoms with van der Waals surface area (Å²) in [6.45, 7) is 1.90. The van der Waals surface area contributed by atoms with Crippen molar-refractivity contribution < 1.29 is 72.7 Å². The minimum absolute atomic E-state index is 0.00119. The lowest BCUT2D eigenvalue weighted by atomic mass is 9.68. The molecule has 80 heavy (non-hydrogen) atoms. The molecule has 0 atom stereocenters. The van der Waals surface area contributed by atoms with E-state index < -0.39 is 46.2 Å². The molecule has 20 heteroatoms. The number of carbonyl (C=O) groups excluding carboxylic acids is 1. The molecule has 0 saturated carbocycles. The van der Waals surface area contributed by atoms with Crippen molar-refractivity contribution in [2.45, 2.75) is 38.5 Å². The van der Waals surface area contributed by atoms with E-state index in [-0.39, 0.29) is 39.0 Å². The van der Waals surface area contributed by atoms with Crippen LogP contribution in [0.3, 0.4) is 0 Å². The molecule has 9 aromatic rings. The summed E-state index contributed by atoms with van der Waals surface area (Å²) in [5, 5.41) is 13.0. The Morgan fingerprint density at radius 1 is 0.550 bits per heavy atom. The molecule has 0 unspecified atom stereocenters. The number of sulfone groups is 1. The van der Waals surface area contributed by atoms with Gasteiger partial charge in [0.05, 0.1) is 40.6 Å². The van der Waals surface area contributed by atoms with Gasteiger partial charge in [0, 0.05) is 21.6 Å². The average molecular weight is 1150 g/mol. The average Bonchev–Trinajstić information content (AvgIpc) is 3.78. The first-order valence-electron chi connectivity index (χ1n) is 24.1. The fraction of sp³-hybridized carbons (Fsp3) is 0.0833. The number of hydrogen-bond acceptors (Lipinski definition) is 15. The van der Waals surface area contributed by atoms with E-state index >= 15 is 0 Å². The first-order valence-corrected chi connectivity index (χ1v) is 29.6. The van der Waals surface area contributed by atoms with Crippen LogP contribution in [0.1, 0.15) is 49.3 Å². The van der Waals surface area contributed by atoms with Gasteiger partial charge in [-0.25, -0.2) is 13.7 Å². The normalized spacial score (nSPS) is 12.5. The van der Waals surface area contributed by atoms with E-state index in [1.165, 1.54) is 31.4 Å². The molecule has 0 fully saturated rings. The SMILES string of the molecule is COc1ccc(Oc2ccc(C(=O)c3ccc(COc4ccc(C5(c6ccc(Oc7ccc(S(=O)(=O)c8ccc(C)cc8)cc7)cc6)c6ccccc6-c6ccccc65)cc4)c(SOOO)c3)cc2S(=O)(=O)O)cc1.CS(=O)(=O)O. The second-order valence-corrected chi connectivity index (χ2v) is 23.6. The molecule has 1 aliphatic rings. The van der Waals surface area contributed by atoms with Crippen molar-refractivity contribution in [1.82, 2.24) is 0 Å². The summed E-state index contributed by atoms with van der Waals surface area (Å²) in [6.07, 6.45) is 0.715. The summed E-state index contributed by atoms with van der Waals surface area (Å²) in [4.78, 5) is 14.0. The molecule has 0 saturated heterocycles. The Kier molecular flexibility index (Phi) is 16.7. The van der Waals surface area contributed by atoms with Crippen LogP contribution in [0.4, 0.5) is 0 Å². The first kappa shape index (κ1) is 56.6. The lowest BCUT2D eigenvalue weighted by Gasteiger charge is -2.34. The van der Waals surface area contributed by atoms with Crippen molar-refractivity contribution >= 4 is 47.9 Å². The number of ether oxygens (including phenoxy) is 4. The zero-order valence-corrected chi connectivity index (χ0v) is 45.9. The Morgan fingerprint density at radius 2 is 1.01 bits per heavy atom. The van der Waals surface area contributed by atoms with Gasteiger partial charge in [0.25, 0.3) is 20.2 Å². The van der Waals surface area contributed by atoms with Gasteiger partial charge in [0.1, 0.15) is 46.0 Å². The smallest absolute Gasteiger partial charge is 0.298 e. The zero-order valence-electron chi connectivity index (χ0n) is 42.6.